The molecule has 34 heavy (non-hydrogen) atoms. The molecular weight excluding hydrogens is 499 g/mol. The van der Waals surface area contributed by atoms with Gasteiger partial charge in [-0.25, -0.2) is 4.98 Å². The fraction of sp³-hybridized carbons (Fsp3) is 0.360. The van der Waals surface area contributed by atoms with Crippen LogP contribution < -0.4 is 14.4 Å². The molecule has 0 aliphatic carbocycles. The SMILES string of the molecule is CCOC(=O)C1(COc2ccc(Cl)c3nc(OC)ccc23)CCN(c2ccc(Cl)cc2Cl)CC1. The molecule has 0 saturated carbocycles. The molecule has 1 fully saturated rings. The number of esters is 1. The number of carbonyl (C=O) groups is 1. The highest BCUT2D eigenvalue weighted by Gasteiger charge is 2.44. The number of aromatic nitrogens is 1. The van der Waals surface area contributed by atoms with Gasteiger partial charge < -0.3 is 19.1 Å². The van der Waals surface area contributed by atoms with Crippen molar-refractivity contribution in [2.45, 2.75) is 19.8 Å². The Morgan fingerprint density at radius 2 is 1.82 bits per heavy atom. The Hall–Kier alpha value is -2.41. The predicted molar refractivity (Wildman–Crippen MR) is 136 cm³/mol. The third-order valence-electron chi connectivity index (χ3n) is 6.13. The first-order valence-electron chi connectivity index (χ1n) is 11.0. The standard InChI is InChI=1S/C25H25Cl3N2O4/c1-3-33-24(31)25(10-12-30(13-11-25)20-7-4-16(26)14-19(20)28)15-34-21-8-6-18(27)23-17(21)5-9-22(29-23)32-2/h4-9,14H,3,10-13,15H2,1-2H3. The summed E-state index contributed by atoms with van der Waals surface area (Å²) in [5.74, 6) is 0.805. The minimum atomic E-state index is -0.780. The van der Waals surface area contributed by atoms with Gasteiger partial charge in [-0.1, -0.05) is 34.8 Å². The van der Waals surface area contributed by atoms with Crippen LogP contribution in [0, 0.1) is 5.41 Å². The maximum Gasteiger partial charge on any atom is 0.315 e. The summed E-state index contributed by atoms with van der Waals surface area (Å²) in [4.78, 5) is 19.7. The second-order valence-electron chi connectivity index (χ2n) is 8.17. The summed E-state index contributed by atoms with van der Waals surface area (Å²) in [6.07, 6.45) is 1.12. The Morgan fingerprint density at radius 1 is 1.06 bits per heavy atom. The van der Waals surface area contributed by atoms with Crippen LogP contribution in [0.4, 0.5) is 5.69 Å². The molecule has 3 aromatic rings. The Kier molecular flexibility index (Phi) is 7.60. The molecule has 1 aliphatic rings. The van der Waals surface area contributed by atoms with Crippen molar-refractivity contribution in [3.63, 3.8) is 0 Å². The van der Waals surface area contributed by atoms with E-state index in [2.05, 4.69) is 9.88 Å². The van der Waals surface area contributed by atoms with E-state index in [1.807, 2.05) is 18.2 Å². The maximum absolute atomic E-state index is 13.1. The van der Waals surface area contributed by atoms with Gasteiger partial charge in [-0.15, -0.1) is 0 Å². The summed E-state index contributed by atoms with van der Waals surface area (Å²) in [6.45, 7) is 3.55. The molecule has 2 heterocycles. The minimum Gasteiger partial charge on any atom is -0.492 e. The lowest BCUT2D eigenvalue weighted by Gasteiger charge is -2.40. The van der Waals surface area contributed by atoms with E-state index in [0.717, 1.165) is 11.1 Å². The number of fused-ring (bicyclic) bond motifs is 1. The number of methoxy groups -OCH3 is 1. The fourth-order valence-electron chi connectivity index (χ4n) is 4.20. The first kappa shape index (κ1) is 24.7. The van der Waals surface area contributed by atoms with Gasteiger partial charge >= 0.3 is 5.97 Å². The third-order valence-corrected chi connectivity index (χ3v) is 6.98. The van der Waals surface area contributed by atoms with Crippen LogP contribution in [0.3, 0.4) is 0 Å². The van der Waals surface area contributed by atoms with Crippen molar-refractivity contribution in [1.29, 1.82) is 0 Å². The summed E-state index contributed by atoms with van der Waals surface area (Å²) in [7, 11) is 1.55. The predicted octanol–water partition coefficient (Wildman–Crippen LogP) is 6.43. The lowest BCUT2D eigenvalue weighted by Crippen LogP contribution is -2.48. The number of hydrogen-bond acceptors (Lipinski definition) is 6. The lowest BCUT2D eigenvalue weighted by atomic mass is 9.79. The van der Waals surface area contributed by atoms with E-state index in [1.54, 1.807) is 38.3 Å². The topological polar surface area (TPSA) is 60.9 Å². The van der Waals surface area contributed by atoms with Crippen LogP contribution in [0.1, 0.15) is 19.8 Å². The van der Waals surface area contributed by atoms with Gasteiger partial charge in [0.1, 0.15) is 17.8 Å². The summed E-state index contributed by atoms with van der Waals surface area (Å²) in [5, 5.41) is 2.41. The van der Waals surface area contributed by atoms with Crippen LogP contribution in [-0.4, -0.2) is 44.4 Å². The van der Waals surface area contributed by atoms with Crippen molar-refractivity contribution in [2.75, 3.05) is 38.3 Å². The highest BCUT2D eigenvalue weighted by atomic mass is 35.5. The van der Waals surface area contributed by atoms with E-state index in [0.29, 0.717) is 64.8 Å². The van der Waals surface area contributed by atoms with Crippen LogP contribution in [0.2, 0.25) is 15.1 Å². The van der Waals surface area contributed by atoms with Crippen LogP contribution in [-0.2, 0) is 9.53 Å². The molecule has 1 aliphatic heterocycles. The third kappa shape index (κ3) is 4.99. The number of rotatable bonds is 7. The molecule has 2 aromatic carbocycles. The molecule has 0 bridgehead atoms. The molecule has 4 rings (SSSR count). The number of ether oxygens (including phenoxy) is 3. The molecule has 6 nitrogen and oxygen atoms in total. The van der Waals surface area contributed by atoms with Crippen molar-refractivity contribution in [3.8, 4) is 11.6 Å². The van der Waals surface area contributed by atoms with Crippen LogP contribution in [0.15, 0.2) is 42.5 Å². The average molecular weight is 524 g/mol. The smallest absolute Gasteiger partial charge is 0.315 e. The van der Waals surface area contributed by atoms with Crippen LogP contribution in [0.25, 0.3) is 10.9 Å². The van der Waals surface area contributed by atoms with Gasteiger partial charge in [0.25, 0.3) is 0 Å². The van der Waals surface area contributed by atoms with Gasteiger partial charge in [0.2, 0.25) is 5.88 Å². The molecule has 0 amide bonds. The Labute approximate surface area is 213 Å². The first-order chi connectivity index (χ1) is 16.4. The van der Waals surface area contributed by atoms with Crippen molar-refractivity contribution in [2.24, 2.45) is 5.41 Å². The van der Waals surface area contributed by atoms with Gasteiger partial charge in [0.15, 0.2) is 0 Å². The monoisotopic (exact) mass is 522 g/mol. The summed E-state index contributed by atoms with van der Waals surface area (Å²) < 4.78 is 16.9. The van der Waals surface area contributed by atoms with Gasteiger partial charge in [0.05, 0.1) is 35.0 Å². The van der Waals surface area contributed by atoms with E-state index in [4.69, 9.17) is 49.0 Å². The summed E-state index contributed by atoms with van der Waals surface area (Å²) in [5.41, 5.74) is 0.695. The Balaban J connectivity index is 1.56. The Morgan fingerprint density at radius 3 is 2.50 bits per heavy atom. The highest BCUT2D eigenvalue weighted by molar-refractivity contribution is 6.36. The highest BCUT2D eigenvalue weighted by Crippen LogP contribution is 2.39. The molecule has 0 spiro atoms. The molecule has 9 heteroatoms. The number of benzene rings is 2. The number of piperidine rings is 1. The molecular formula is C25H25Cl3N2O4. The van der Waals surface area contributed by atoms with E-state index >= 15 is 0 Å². The number of anilines is 1. The number of hydrogen-bond donors (Lipinski definition) is 0. The number of pyridine rings is 1. The molecule has 1 aromatic heterocycles. The van der Waals surface area contributed by atoms with E-state index < -0.39 is 5.41 Å². The second-order valence-corrected chi connectivity index (χ2v) is 9.42. The molecule has 0 unspecified atom stereocenters. The summed E-state index contributed by atoms with van der Waals surface area (Å²) >= 11 is 18.8. The maximum atomic E-state index is 13.1. The van der Waals surface area contributed by atoms with Crippen LogP contribution >= 0.6 is 34.8 Å². The lowest BCUT2D eigenvalue weighted by molar-refractivity contribution is -0.159. The first-order valence-corrected chi connectivity index (χ1v) is 12.1. The number of carbonyl (C=O) groups excluding carboxylic acids is 1. The van der Waals surface area contributed by atoms with Gasteiger partial charge in [-0.2, -0.15) is 0 Å². The largest absolute Gasteiger partial charge is 0.492 e. The van der Waals surface area contributed by atoms with Gasteiger partial charge in [-0.3, -0.25) is 4.79 Å². The van der Waals surface area contributed by atoms with Crippen molar-refractivity contribution in [3.05, 3.63) is 57.5 Å². The zero-order chi connectivity index (χ0) is 24.3. The zero-order valence-corrected chi connectivity index (χ0v) is 21.2. The van der Waals surface area contributed by atoms with Crippen LogP contribution in [0.5, 0.6) is 11.6 Å². The van der Waals surface area contributed by atoms with Gasteiger partial charge in [-0.05, 0) is 56.2 Å². The van der Waals surface area contributed by atoms with E-state index in [9.17, 15) is 4.79 Å². The molecule has 1 saturated heterocycles. The number of nitrogens with zero attached hydrogens (tertiary/aromatic N) is 2. The summed E-state index contributed by atoms with van der Waals surface area (Å²) in [6, 6.07) is 12.6. The zero-order valence-electron chi connectivity index (χ0n) is 18.9. The minimum absolute atomic E-state index is 0.177. The molecule has 0 atom stereocenters. The van der Waals surface area contributed by atoms with Crippen molar-refractivity contribution in [1.82, 2.24) is 4.98 Å². The normalized spacial score (nSPS) is 15.3. The fourth-order valence-corrected chi connectivity index (χ4v) is 4.94. The molecule has 0 radical (unpaired) electrons. The second kappa shape index (κ2) is 10.5. The number of halogens is 3. The van der Waals surface area contributed by atoms with Crippen molar-refractivity contribution < 1.29 is 19.0 Å². The van der Waals surface area contributed by atoms with E-state index in [-0.39, 0.29) is 12.6 Å². The van der Waals surface area contributed by atoms with Crippen molar-refractivity contribution >= 4 is 57.4 Å². The van der Waals surface area contributed by atoms with E-state index in [1.165, 1.54) is 0 Å². The van der Waals surface area contributed by atoms with Gasteiger partial charge in [0, 0.05) is 29.6 Å². The quantitative estimate of drug-likeness (QED) is 0.333. The average Bonchev–Trinajstić information content (AvgIpc) is 2.84. The molecule has 180 valence electrons. The molecule has 0 N–H and O–H groups in total. The Bertz CT molecular complexity index is 1200.